The zero-order chi connectivity index (χ0) is 12.5. The van der Waals surface area contributed by atoms with Crippen LogP contribution in [0, 0.1) is 5.82 Å². The van der Waals surface area contributed by atoms with E-state index in [4.69, 9.17) is 0 Å². The first kappa shape index (κ1) is 12.3. The van der Waals surface area contributed by atoms with E-state index in [1.54, 1.807) is 12.1 Å². The van der Waals surface area contributed by atoms with E-state index in [1.807, 2.05) is 7.05 Å². The van der Waals surface area contributed by atoms with Gasteiger partial charge in [0.25, 0.3) is 0 Å². The Labute approximate surface area is 100 Å². The van der Waals surface area contributed by atoms with Crippen LogP contribution in [0.1, 0.15) is 18.4 Å². The highest BCUT2D eigenvalue weighted by Gasteiger charge is 2.29. The fourth-order valence-electron chi connectivity index (χ4n) is 2.01. The molecule has 3 nitrogen and oxygen atoms in total. The molecule has 1 N–H and O–H groups in total. The first-order valence-electron chi connectivity index (χ1n) is 5.45. The zero-order valence-electron chi connectivity index (χ0n) is 9.53. The van der Waals surface area contributed by atoms with Gasteiger partial charge in [0.2, 0.25) is 9.84 Å². The summed E-state index contributed by atoms with van der Waals surface area (Å²) < 4.78 is 37.1. The number of allylic oxidation sites excluding steroid dienone is 1. The molecule has 0 amide bonds. The van der Waals surface area contributed by atoms with Gasteiger partial charge in [-0.3, -0.25) is 0 Å². The summed E-state index contributed by atoms with van der Waals surface area (Å²) >= 11 is 0. The fraction of sp³-hybridized carbons (Fsp3) is 0.333. The highest BCUT2D eigenvalue weighted by molar-refractivity contribution is 7.95. The van der Waals surface area contributed by atoms with Crippen LogP contribution in [0.15, 0.2) is 28.5 Å². The van der Waals surface area contributed by atoms with Crippen LogP contribution in [-0.4, -0.2) is 22.0 Å². The summed E-state index contributed by atoms with van der Waals surface area (Å²) in [5, 5.41) is 4.19. The molecule has 17 heavy (non-hydrogen) atoms. The number of nitrogens with one attached hydrogen (secondary N) is 1. The van der Waals surface area contributed by atoms with E-state index in [-0.39, 0.29) is 4.90 Å². The maximum Gasteiger partial charge on any atom is 0.203 e. The van der Waals surface area contributed by atoms with E-state index in [1.165, 1.54) is 11.5 Å². The maximum atomic E-state index is 13.5. The monoisotopic (exact) mass is 255 g/mol. The maximum absolute atomic E-state index is 13.5. The van der Waals surface area contributed by atoms with Gasteiger partial charge in [-0.25, -0.2) is 12.8 Å². The van der Waals surface area contributed by atoms with Crippen molar-refractivity contribution in [2.45, 2.75) is 17.7 Å². The molecule has 0 saturated heterocycles. The number of benzene rings is 1. The van der Waals surface area contributed by atoms with Crippen LogP contribution in [0.5, 0.6) is 0 Å². The predicted molar refractivity (Wildman–Crippen MR) is 64.7 cm³/mol. The largest absolute Gasteiger partial charge is 0.320 e. The summed E-state index contributed by atoms with van der Waals surface area (Å²) in [6.45, 7) is 0.808. The Balaban J connectivity index is 2.37. The van der Waals surface area contributed by atoms with Gasteiger partial charge in [-0.2, -0.15) is 0 Å². The molecule has 0 aromatic heterocycles. The second-order valence-corrected chi connectivity index (χ2v) is 5.75. The van der Waals surface area contributed by atoms with Crippen molar-refractivity contribution in [2.75, 3.05) is 13.6 Å². The van der Waals surface area contributed by atoms with E-state index in [9.17, 15) is 12.8 Å². The minimum atomic E-state index is -3.58. The fourth-order valence-corrected chi connectivity index (χ4v) is 3.59. The van der Waals surface area contributed by atoms with Crippen LogP contribution < -0.4 is 5.32 Å². The van der Waals surface area contributed by atoms with Crippen molar-refractivity contribution in [1.82, 2.24) is 5.32 Å². The van der Waals surface area contributed by atoms with Crippen LogP contribution in [0.3, 0.4) is 0 Å². The molecular weight excluding hydrogens is 241 g/mol. The summed E-state index contributed by atoms with van der Waals surface area (Å²) in [5.41, 5.74) is 1.22. The summed E-state index contributed by atoms with van der Waals surface area (Å²) in [4.78, 5) is -0.167. The highest BCUT2D eigenvalue weighted by atomic mass is 32.2. The van der Waals surface area contributed by atoms with Gasteiger partial charge in [0.1, 0.15) is 10.7 Å². The lowest BCUT2D eigenvalue weighted by Gasteiger charge is -2.04. The topological polar surface area (TPSA) is 46.2 Å². The van der Waals surface area contributed by atoms with Crippen molar-refractivity contribution in [1.29, 1.82) is 0 Å². The predicted octanol–water partition coefficient (Wildman–Crippen LogP) is 1.95. The molecule has 1 aliphatic rings. The van der Waals surface area contributed by atoms with E-state index in [0.29, 0.717) is 17.6 Å². The third kappa shape index (κ3) is 2.25. The van der Waals surface area contributed by atoms with Gasteiger partial charge in [0.15, 0.2) is 0 Å². The lowest BCUT2D eigenvalue weighted by molar-refractivity contribution is 0.573. The van der Waals surface area contributed by atoms with Crippen molar-refractivity contribution in [3.63, 3.8) is 0 Å². The Morgan fingerprint density at radius 2 is 2.12 bits per heavy atom. The third-order valence-corrected chi connectivity index (χ3v) is 4.35. The molecule has 5 heteroatoms. The summed E-state index contributed by atoms with van der Waals surface area (Å²) in [5.74, 6) is -0.664. The Kier molecular flexibility index (Phi) is 3.31. The highest BCUT2D eigenvalue weighted by Crippen LogP contribution is 2.37. The number of halogens is 1. The summed E-state index contributed by atoms with van der Waals surface area (Å²) in [6, 6.07) is 4.38. The standard InChI is InChI=1S/C12H14FNO2S/c1-14-7-3-4-9-8-17(15,16)12-10(9)5-2-6-11(12)13/h2,5-6,8,14H,3-4,7H2,1H3. The van der Waals surface area contributed by atoms with Gasteiger partial charge >= 0.3 is 0 Å². The smallest absolute Gasteiger partial charge is 0.203 e. The molecule has 0 atom stereocenters. The molecule has 1 heterocycles. The molecule has 1 aliphatic heterocycles. The van der Waals surface area contributed by atoms with Gasteiger partial charge in [-0.1, -0.05) is 12.1 Å². The van der Waals surface area contributed by atoms with Gasteiger partial charge in [-0.15, -0.1) is 0 Å². The Morgan fingerprint density at radius 3 is 2.82 bits per heavy atom. The number of sulfone groups is 1. The molecule has 0 spiro atoms. The number of hydrogen-bond acceptors (Lipinski definition) is 3. The lowest BCUT2D eigenvalue weighted by atomic mass is 10.0. The molecule has 0 aliphatic carbocycles. The van der Waals surface area contributed by atoms with Crippen molar-refractivity contribution in [2.24, 2.45) is 0 Å². The second kappa shape index (κ2) is 4.58. The van der Waals surface area contributed by atoms with Crippen LogP contribution in [-0.2, 0) is 9.84 Å². The third-order valence-electron chi connectivity index (χ3n) is 2.77. The SMILES string of the molecule is CNCCCC1=CS(=O)(=O)c2c(F)cccc21. The molecule has 0 fully saturated rings. The average Bonchev–Trinajstić information content (AvgIpc) is 2.52. The van der Waals surface area contributed by atoms with Crippen LogP contribution >= 0.6 is 0 Å². The van der Waals surface area contributed by atoms with E-state index in [0.717, 1.165) is 13.0 Å². The van der Waals surface area contributed by atoms with Crippen molar-refractivity contribution >= 4 is 15.4 Å². The van der Waals surface area contributed by atoms with Gasteiger partial charge in [0, 0.05) is 11.0 Å². The van der Waals surface area contributed by atoms with Crippen LogP contribution in [0.2, 0.25) is 0 Å². The van der Waals surface area contributed by atoms with Crippen molar-refractivity contribution in [3.8, 4) is 0 Å². The summed E-state index contributed by atoms with van der Waals surface area (Å²) in [6.07, 6.45) is 1.46. The van der Waals surface area contributed by atoms with E-state index >= 15 is 0 Å². The zero-order valence-corrected chi connectivity index (χ0v) is 10.3. The molecule has 0 unspecified atom stereocenters. The molecule has 0 saturated carbocycles. The quantitative estimate of drug-likeness (QED) is 0.836. The molecular formula is C12H14FNO2S. The minimum absolute atomic E-state index is 0.167. The Hall–Kier alpha value is -1.20. The Morgan fingerprint density at radius 1 is 1.35 bits per heavy atom. The van der Waals surface area contributed by atoms with Gasteiger partial charge in [0.05, 0.1) is 0 Å². The van der Waals surface area contributed by atoms with Gasteiger partial charge in [-0.05, 0) is 38.1 Å². The number of rotatable bonds is 4. The Bertz CT molecular complexity index is 564. The minimum Gasteiger partial charge on any atom is -0.320 e. The first-order valence-corrected chi connectivity index (χ1v) is 7.00. The number of hydrogen-bond donors (Lipinski definition) is 1. The molecule has 0 radical (unpaired) electrons. The molecule has 1 aromatic carbocycles. The van der Waals surface area contributed by atoms with E-state index < -0.39 is 15.7 Å². The molecule has 92 valence electrons. The number of fused-ring (bicyclic) bond motifs is 1. The van der Waals surface area contributed by atoms with Crippen molar-refractivity contribution < 1.29 is 12.8 Å². The van der Waals surface area contributed by atoms with Crippen LogP contribution in [0.4, 0.5) is 4.39 Å². The van der Waals surface area contributed by atoms with Crippen LogP contribution in [0.25, 0.3) is 5.57 Å². The average molecular weight is 255 g/mol. The second-order valence-electron chi connectivity index (χ2n) is 4.01. The lowest BCUT2D eigenvalue weighted by Crippen LogP contribution is -2.07. The summed E-state index contributed by atoms with van der Waals surface area (Å²) in [7, 11) is -1.74. The van der Waals surface area contributed by atoms with Crippen molar-refractivity contribution in [3.05, 3.63) is 35.0 Å². The first-order chi connectivity index (χ1) is 8.06. The molecule has 1 aromatic rings. The molecule has 2 rings (SSSR count). The normalized spacial score (nSPS) is 16.7. The van der Waals surface area contributed by atoms with Gasteiger partial charge < -0.3 is 5.32 Å². The molecule has 0 bridgehead atoms. The van der Waals surface area contributed by atoms with E-state index in [2.05, 4.69) is 5.32 Å².